The minimum Gasteiger partial charge on any atom is -0.497 e. The van der Waals surface area contributed by atoms with Crippen molar-refractivity contribution >= 4 is 11.7 Å². The van der Waals surface area contributed by atoms with Gasteiger partial charge in [-0.25, -0.2) is 4.79 Å². The number of methoxy groups -OCH3 is 3. The van der Waals surface area contributed by atoms with Crippen LogP contribution in [0.1, 0.15) is 16.1 Å². The summed E-state index contributed by atoms with van der Waals surface area (Å²) < 4.78 is 25.7. The van der Waals surface area contributed by atoms with Crippen LogP contribution in [0.15, 0.2) is 47.0 Å². The molecular formula is C20H18N2O8. The van der Waals surface area contributed by atoms with Crippen LogP contribution in [0.5, 0.6) is 17.2 Å². The molecule has 0 radical (unpaired) electrons. The number of benzene rings is 2. The van der Waals surface area contributed by atoms with E-state index in [0.29, 0.717) is 17.2 Å². The smallest absolute Gasteiger partial charge is 0.345 e. The van der Waals surface area contributed by atoms with Gasteiger partial charge in [-0.15, -0.1) is 0 Å². The maximum atomic E-state index is 12.5. The van der Waals surface area contributed by atoms with Gasteiger partial charge in [-0.2, -0.15) is 0 Å². The van der Waals surface area contributed by atoms with E-state index in [1.54, 1.807) is 37.4 Å². The van der Waals surface area contributed by atoms with Crippen molar-refractivity contribution in [3.05, 3.63) is 63.8 Å². The van der Waals surface area contributed by atoms with Crippen LogP contribution in [0.4, 0.5) is 5.69 Å². The number of nitrogens with zero attached hydrogens (tertiary/aromatic N) is 2. The minimum atomic E-state index is -0.906. The van der Waals surface area contributed by atoms with Gasteiger partial charge in [-0.05, 0) is 24.3 Å². The molecule has 0 spiro atoms. The first kappa shape index (κ1) is 20.6. The van der Waals surface area contributed by atoms with E-state index in [-0.39, 0.29) is 23.7 Å². The van der Waals surface area contributed by atoms with E-state index >= 15 is 0 Å². The summed E-state index contributed by atoms with van der Waals surface area (Å²) >= 11 is 0. The van der Waals surface area contributed by atoms with Gasteiger partial charge in [-0.3, -0.25) is 10.1 Å². The van der Waals surface area contributed by atoms with Gasteiger partial charge in [-0.1, -0.05) is 5.16 Å². The highest BCUT2D eigenvalue weighted by Gasteiger charge is 2.26. The third kappa shape index (κ3) is 4.32. The van der Waals surface area contributed by atoms with Crippen LogP contribution in [0, 0.1) is 10.1 Å². The lowest BCUT2D eigenvalue weighted by atomic mass is 10.1. The molecule has 10 nitrogen and oxygen atoms in total. The van der Waals surface area contributed by atoms with Crippen molar-refractivity contribution in [1.29, 1.82) is 0 Å². The van der Waals surface area contributed by atoms with Gasteiger partial charge in [0.2, 0.25) is 0 Å². The Bertz CT molecular complexity index is 1060. The van der Waals surface area contributed by atoms with Crippen LogP contribution in [-0.4, -0.2) is 37.4 Å². The van der Waals surface area contributed by atoms with Crippen LogP contribution in [-0.2, 0) is 11.3 Å². The average Bonchev–Trinajstić information content (AvgIpc) is 3.25. The maximum absolute atomic E-state index is 12.5. The number of aromatic nitrogens is 1. The number of rotatable bonds is 8. The molecule has 10 heteroatoms. The van der Waals surface area contributed by atoms with E-state index in [9.17, 15) is 14.9 Å². The molecule has 0 fully saturated rings. The number of hydrogen-bond acceptors (Lipinski definition) is 9. The zero-order valence-corrected chi connectivity index (χ0v) is 16.4. The lowest BCUT2D eigenvalue weighted by molar-refractivity contribution is -0.385. The first-order valence-electron chi connectivity index (χ1n) is 8.64. The van der Waals surface area contributed by atoms with E-state index in [1.165, 1.54) is 20.3 Å². The molecule has 0 N–H and O–H groups in total. The van der Waals surface area contributed by atoms with Crippen LogP contribution >= 0.6 is 0 Å². The maximum Gasteiger partial charge on any atom is 0.345 e. The van der Waals surface area contributed by atoms with Crippen molar-refractivity contribution in [2.45, 2.75) is 6.61 Å². The lowest BCUT2D eigenvalue weighted by Crippen LogP contribution is -2.09. The monoisotopic (exact) mass is 414 g/mol. The van der Waals surface area contributed by atoms with Crippen LogP contribution in [0.2, 0.25) is 0 Å². The fraction of sp³-hybridized carbons (Fsp3) is 0.200. The average molecular weight is 414 g/mol. The molecular weight excluding hydrogens is 396 g/mol. The predicted molar refractivity (Wildman–Crippen MR) is 104 cm³/mol. The molecule has 30 heavy (non-hydrogen) atoms. The molecule has 0 saturated heterocycles. The number of nitro benzene ring substituents is 1. The van der Waals surface area contributed by atoms with Crippen molar-refractivity contribution in [2.75, 3.05) is 21.3 Å². The van der Waals surface area contributed by atoms with Crippen molar-refractivity contribution in [1.82, 2.24) is 5.16 Å². The van der Waals surface area contributed by atoms with Gasteiger partial charge in [0.1, 0.15) is 23.6 Å². The predicted octanol–water partition coefficient (Wildman–Crippen LogP) is 3.63. The first-order valence-corrected chi connectivity index (χ1v) is 8.64. The van der Waals surface area contributed by atoms with E-state index in [4.69, 9.17) is 23.5 Å². The molecule has 0 aliphatic rings. The van der Waals surface area contributed by atoms with Gasteiger partial charge in [0, 0.05) is 17.7 Å². The van der Waals surface area contributed by atoms with E-state index in [2.05, 4.69) is 5.16 Å². The van der Waals surface area contributed by atoms with Gasteiger partial charge < -0.3 is 23.5 Å². The minimum absolute atomic E-state index is 0.126. The van der Waals surface area contributed by atoms with Gasteiger partial charge in [0.25, 0.3) is 5.69 Å². The Labute approximate surface area is 171 Å². The Balaban J connectivity index is 1.76. The Kier molecular flexibility index (Phi) is 6.16. The molecule has 0 saturated carbocycles. The van der Waals surface area contributed by atoms with E-state index < -0.39 is 16.6 Å². The molecule has 0 aliphatic heterocycles. The van der Waals surface area contributed by atoms with Crippen LogP contribution in [0.25, 0.3) is 11.3 Å². The Morgan fingerprint density at radius 2 is 1.70 bits per heavy atom. The number of esters is 1. The largest absolute Gasteiger partial charge is 0.497 e. The molecule has 0 atom stereocenters. The zero-order chi connectivity index (χ0) is 21.7. The third-order valence-corrected chi connectivity index (χ3v) is 4.20. The van der Waals surface area contributed by atoms with Crippen molar-refractivity contribution in [3.8, 4) is 28.6 Å². The summed E-state index contributed by atoms with van der Waals surface area (Å²) in [4.78, 5) is 23.1. The number of ether oxygens (including phenoxy) is 4. The standard InChI is InChI=1S/C20H18N2O8/c1-26-14-6-4-12(5-7-14)17-8-13(21-30-17)11-29-20(23)15-9-18(27-2)19(28-3)10-16(15)22(24)25/h4-10H,11H2,1-3H3. The molecule has 0 bridgehead atoms. The summed E-state index contributed by atoms with van der Waals surface area (Å²) in [6, 6.07) is 11.0. The molecule has 1 aromatic heterocycles. The fourth-order valence-corrected chi connectivity index (χ4v) is 2.67. The number of hydrogen-bond donors (Lipinski definition) is 0. The van der Waals surface area contributed by atoms with E-state index in [1.807, 2.05) is 0 Å². The zero-order valence-electron chi connectivity index (χ0n) is 16.4. The van der Waals surface area contributed by atoms with Crippen molar-refractivity contribution in [3.63, 3.8) is 0 Å². The SMILES string of the molecule is COc1ccc(-c2cc(COC(=O)c3cc(OC)c(OC)cc3[N+](=O)[O-])no2)cc1. The highest BCUT2D eigenvalue weighted by molar-refractivity contribution is 5.95. The molecule has 0 amide bonds. The highest BCUT2D eigenvalue weighted by Crippen LogP contribution is 2.35. The summed E-state index contributed by atoms with van der Waals surface area (Å²) in [6.45, 7) is -0.232. The Morgan fingerprint density at radius 3 is 2.30 bits per heavy atom. The molecule has 0 unspecified atom stereocenters. The normalized spacial score (nSPS) is 10.4. The summed E-state index contributed by atoms with van der Waals surface area (Å²) in [5, 5.41) is 15.2. The highest BCUT2D eigenvalue weighted by atomic mass is 16.6. The summed E-state index contributed by atoms with van der Waals surface area (Å²) in [5.74, 6) is 0.557. The molecule has 0 aliphatic carbocycles. The number of carbonyl (C=O) groups excluding carboxylic acids is 1. The second kappa shape index (κ2) is 8.95. The molecule has 1 heterocycles. The van der Waals surface area contributed by atoms with Crippen LogP contribution in [0.3, 0.4) is 0 Å². The second-order valence-corrected chi connectivity index (χ2v) is 5.97. The molecule has 3 aromatic rings. The fourth-order valence-electron chi connectivity index (χ4n) is 2.67. The summed E-state index contributed by atoms with van der Waals surface area (Å²) in [5.41, 5.74) is 0.377. The lowest BCUT2D eigenvalue weighted by Gasteiger charge is -2.10. The van der Waals surface area contributed by atoms with Crippen molar-refractivity contribution in [2.24, 2.45) is 0 Å². The quantitative estimate of drug-likeness (QED) is 0.309. The number of nitro groups is 1. The molecule has 2 aromatic carbocycles. The Hall–Kier alpha value is -4.08. The topological polar surface area (TPSA) is 123 Å². The van der Waals surface area contributed by atoms with E-state index in [0.717, 1.165) is 11.6 Å². The Morgan fingerprint density at radius 1 is 1.03 bits per heavy atom. The van der Waals surface area contributed by atoms with Gasteiger partial charge in [0.05, 0.1) is 32.3 Å². The third-order valence-electron chi connectivity index (χ3n) is 4.20. The van der Waals surface area contributed by atoms with Gasteiger partial charge >= 0.3 is 5.97 Å². The summed E-state index contributed by atoms with van der Waals surface area (Å²) in [6.07, 6.45) is 0. The molecule has 156 valence electrons. The second-order valence-electron chi connectivity index (χ2n) is 5.97. The summed E-state index contributed by atoms with van der Waals surface area (Å²) in [7, 11) is 4.26. The molecule has 3 rings (SSSR count). The van der Waals surface area contributed by atoms with Crippen molar-refractivity contribution < 1.29 is 33.2 Å². The number of carbonyl (C=O) groups is 1. The van der Waals surface area contributed by atoms with Crippen LogP contribution < -0.4 is 14.2 Å². The van der Waals surface area contributed by atoms with Gasteiger partial charge in [0.15, 0.2) is 17.3 Å². The first-order chi connectivity index (χ1) is 14.5.